The van der Waals surface area contributed by atoms with Gasteiger partial charge in [0.1, 0.15) is 11.5 Å². The molecular formula is C56H38N3O+. The van der Waals surface area contributed by atoms with Gasteiger partial charge in [-0.1, -0.05) is 182 Å². The average Bonchev–Trinajstić information content (AvgIpc) is 3.62. The summed E-state index contributed by atoms with van der Waals surface area (Å²) in [5.41, 5.74) is 14.7. The van der Waals surface area contributed by atoms with Crippen LogP contribution in [0, 0.1) is 0 Å². The van der Waals surface area contributed by atoms with Gasteiger partial charge in [-0.15, -0.1) is 0 Å². The number of aliphatic imine (C=N–C) groups is 1. The van der Waals surface area contributed by atoms with Crippen LogP contribution >= 0.6 is 0 Å². The SMILES string of the molecule is c1ccc(-c2ccc(C3N=C(c4cccc5ccccc45)NC(c4cccc(-c5cccc6c5-c5ccccc5C65c6ccccc6Oc6ccccc65)c4)=[NH+]3)cc2)cc1. The highest BCUT2D eigenvalue weighted by Gasteiger charge is 2.51. The molecule has 3 aliphatic rings. The van der Waals surface area contributed by atoms with Crippen molar-refractivity contribution in [2.24, 2.45) is 4.99 Å². The van der Waals surface area contributed by atoms with Crippen molar-refractivity contribution in [3.05, 3.63) is 251 Å². The van der Waals surface area contributed by atoms with E-state index in [2.05, 4.69) is 223 Å². The van der Waals surface area contributed by atoms with Gasteiger partial charge in [-0.3, -0.25) is 0 Å². The van der Waals surface area contributed by atoms with Crippen molar-refractivity contribution in [2.75, 3.05) is 0 Å². The van der Waals surface area contributed by atoms with Crippen molar-refractivity contribution >= 4 is 22.4 Å². The van der Waals surface area contributed by atoms with Crippen LogP contribution in [0.2, 0.25) is 0 Å². The molecule has 9 aromatic rings. The highest BCUT2D eigenvalue weighted by atomic mass is 16.5. The van der Waals surface area contributed by atoms with Gasteiger partial charge in [-0.2, -0.15) is 4.99 Å². The third kappa shape index (κ3) is 5.24. The fourth-order valence-electron chi connectivity index (χ4n) is 9.84. The van der Waals surface area contributed by atoms with E-state index in [9.17, 15) is 0 Å². The third-order valence-corrected chi connectivity index (χ3v) is 12.5. The molecule has 1 aliphatic carbocycles. The number of nitrogens with zero attached hydrogens (tertiary/aromatic N) is 1. The Bertz CT molecular complexity index is 3170. The summed E-state index contributed by atoms with van der Waals surface area (Å²) in [7, 11) is 0. The molecule has 282 valence electrons. The molecular weight excluding hydrogens is 731 g/mol. The van der Waals surface area contributed by atoms with Crippen molar-refractivity contribution in [3.8, 4) is 44.9 Å². The molecule has 2 N–H and O–H groups in total. The van der Waals surface area contributed by atoms with Crippen LogP contribution in [0.15, 0.2) is 217 Å². The number of benzene rings is 9. The van der Waals surface area contributed by atoms with Crippen molar-refractivity contribution < 1.29 is 9.73 Å². The number of amidine groups is 2. The zero-order chi connectivity index (χ0) is 39.6. The quantitative estimate of drug-likeness (QED) is 0.183. The van der Waals surface area contributed by atoms with Gasteiger partial charge in [0.2, 0.25) is 12.0 Å². The highest BCUT2D eigenvalue weighted by molar-refractivity contribution is 6.18. The van der Waals surface area contributed by atoms with Crippen LogP contribution < -0.4 is 15.0 Å². The van der Waals surface area contributed by atoms with Crippen molar-refractivity contribution in [1.82, 2.24) is 5.32 Å². The van der Waals surface area contributed by atoms with Crippen molar-refractivity contribution in [3.63, 3.8) is 0 Å². The minimum absolute atomic E-state index is 0.315. The van der Waals surface area contributed by atoms with Crippen LogP contribution in [0.25, 0.3) is 44.2 Å². The summed E-state index contributed by atoms with van der Waals surface area (Å²) in [5, 5.41) is 6.10. The first-order chi connectivity index (χ1) is 29.7. The van der Waals surface area contributed by atoms with E-state index in [0.717, 1.165) is 61.9 Å². The van der Waals surface area contributed by atoms with E-state index >= 15 is 0 Å². The van der Waals surface area contributed by atoms with Crippen LogP contribution in [0.5, 0.6) is 11.5 Å². The topological polar surface area (TPSA) is 47.6 Å². The Morgan fingerprint density at radius 2 is 1.02 bits per heavy atom. The summed E-state index contributed by atoms with van der Waals surface area (Å²) < 4.78 is 6.60. The number of nitrogens with one attached hydrogen (secondary N) is 2. The lowest BCUT2D eigenvalue weighted by molar-refractivity contribution is -0.510. The number of para-hydroxylation sites is 2. The van der Waals surface area contributed by atoms with Gasteiger partial charge < -0.3 is 4.74 Å². The van der Waals surface area contributed by atoms with Gasteiger partial charge in [0.15, 0.2) is 0 Å². The van der Waals surface area contributed by atoms with Crippen molar-refractivity contribution in [1.29, 1.82) is 0 Å². The zero-order valence-corrected chi connectivity index (χ0v) is 32.6. The molecule has 0 saturated heterocycles. The Kier molecular flexibility index (Phi) is 7.79. The Morgan fingerprint density at radius 3 is 1.83 bits per heavy atom. The summed E-state index contributed by atoms with van der Waals surface area (Å²) in [5.74, 6) is 3.52. The van der Waals surface area contributed by atoms with Crippen LogP contribution in [0.1, 0.15) is 45.1 Å². The van der Waals surface area contributed by atoms with E-state index in [4.69, 9.17) is 9.73 Å². The van der Waals surface area contributed by atoms with E-state index in [1.54, 1.807) is 0 Å². The lowest BCUT2D eigenvalue weighted by atomic mass is 9.66. The molecule has 1 spiro atoms. The maximum Gasteiger partial charge on any atom is 0.283 e. The first-order valence-electron chi connectivity index (χ1n) is 20.6. The first kappa shape index (κ1) is 34.2. The lowest BCUT2D eigenvalue weighted by Crippen LogP contribution is -2.80. The Hall–Kier alpha value is -7.82. The molecule has 4 nitrogen and oxygen atoms in total. The predicted octanol–water partition coefficient (Wildman–Crippen LogP) is 11.2. The van der Waals surface area contributed by atoms with Gasteiger partial charge in [-0.05, 0) is 85.6 Å². The third-order valence-electron chi connectivity index (χ3n) is 12.5. The maximum atomic E-state index is 6.60. The Morgan fingerprint density at radius 1 is 0.450 bits per heavy atom. The van der Waals surface area contributed by atoms with Gasteiger partial charge >= 0.3 is 0 Å². The first-order valence-corrected chi connectivity index (χ1v) is 20.6. The molecule has 60 heavy (non-hydrogen) atoms. The number of hydrogen-bond acceptors (Lipinski definition) is 3. The highest BCUT2D eigenvalue weighted by Crippen LogP contribution is 2.63. The smallest absolute Gasteiger partial charge is 0.283 e. The minimum Gasteiger partial charge on any atom is -0.457 e. The largest absolute Gasteiger partial charge is 0.457 e. The molecule has 12 rings (SSSR count). The molecule has 1 unspecified atom stereocenters. The van der Waals surface area contributed by atoms with Gasteiger partial charge in [0, 0.05) is 22.3 Å². The average molecular weight is 769 g/mol. The van der Waals surface area contributed by atoms with E-state index in [0.29, 0.717) is 0 Å². The van der Waals surface area contributed by atoms with E-state index < -0.39 is 5.41 Å². The molecule has 0 amide bonds. The van der Waals surface area contributed by atoms with Gasteiger partial charge in [0.25, 0.3) is 5.84 Å². The molecule has 0 aromatic heterocycles. The molecule has 1 atom stereocenters. The number of rotatable bonds is 5. The number of fused-ring (bicyclic) bond motifs is 10. The van der Waals surface area contributed by atoms with E-state index in [1.807, 2.05) is 0 Å². The monoisotopic (exact) mass is 768 g/mol. The Labute approximate surface area is 348 Å². The molecule has 4 heteroatoms. The second-order valence-corrected chi connectivity index (χ2v) is 15.7. The maximum absolute atomic E-state index is 6.60. The van der Waals surface area contributed by atoms with Crippen LogP contribution in [-0.2, 0) is 5.41 Å². The zero-order valence-electron chi connectivity index (χ0n) is 32.6. The fourth-order valence-corrected chi connectivity index (χ4v) is 9.84. The second-order valence-electron chi connectivity index (χ2n) is 15.7. The summed E-state index contributed by atoms with van der Waals surface area (Å²) in [6, 6.07) is 76.0. The Balaban J connectivity index is 1.01. The van der Waals surface area contributed by atoms with Crippen LogP contribution in [0.4, 0.5) is 0 Å². The van der Waals surface area contributed by atoms with Crippen LogP contribution in [-0.4, -0.2) is 11.7 Å². The number of hydrogen-bond donors (Lipinski definition) is 2. The minimum atomic E-state index is -0.528. The summed E-state index contributed by atoms with van der Waals surface area (Å²) in [6.45, 7) is 0. The molecule has 0 radical (unpaired) electrons. The van der Waals surface area contributed by atoms with Gasteiger partial charge in [-0.25, -0.2) is 10.3 Å². The van der Waals surface area contributed by atoms with E-state index in [-0.39, 0.29) is 6.17 Å². The summed E-state index contributed by atoms with van der Waals surface area (Å²) >= 11 is 0. The van der Waals surface area contributed by atoms with E-state index in [1.165, 1.54) is 44.3 Å². The fraction of sp³-hybridized carbons (Fsp3) is 0.0357. The predicted molar refractivity (Wildman–Crippen MR) is 243 cm³/mol. The molecule has 2 heterocycles. The number of ether oxygens (including phenoxy) is 1. The normalized spacial score (nSPS) is 15.4. The standard InChI is InChI=1S/C56H37N3O/c1-2-15-36(16-3-1)37-31-33-39(34-32-37)53-57-54(59-55(58-53)44-24-13-18-38-17-4-5-21-42(38)44)41-20-12-19-40(35-41)43-23-14-28-49-52(43)45-22-6-7-25-46(45)56(49)47-26-8-10-29-50(47)60-51-30-11-9-27-48(51)56/h1-35,53H,(H,57,58,59)/p+1. The molecule has 9 aromatic carbocycles. The van der Waals surface area contributed by atoms with Gasteiger partial charge in [0.05, 0.1) is 11.0 Å². The molecule has 0 bridgehead atoms. The molecule has 0 fully saturated rings. The summed E-state index contributed by atoms with van der Waals surface area (Å²) in [6.07, 6.45) is -0.315. The molecule has 0 saturated carbocycles. The second kappa shape index (κ2) is 13.6. The summed E-state index contributed by atoms with van der Waals surface area (Å²) in [4.78, 5) is 9.16. The molecule has 2 aliphatic heterocycles. The van der Waals surface area contributed by atoms with Crippen LogP contribution in [0.3, 0.4) is 0 Å². The lowest BCUT2D eigenvalue weighted by Gasteiger charge is -2.39. The van der Waals surface area contributed by atoms with Crippen molar-refractivity contribution in [2.45, 2.75) is 11.6 Å².